The van der Waals surface area contributed by atoms with Crippen LogP contribution in [-0.4, -0.2) is 32.4 Å². The van der Waals surface area contributed by atoms with E-state index in [0.29, 0.717) is 22.9 Å². The Labute approximate surface area is 155 Å². The van der Waals surface area contributed by atoms with Crippen LogP contribution in [-0.2, 0) is 15.4 Å². The molecular weight excluding hydrogens is 354 g/mol. The number of anilines is 1. The lowest BCUT2D eigenvalue weighted by molar-refractivity contribution is 0.355. The van der Waals surface area contributed by atoms with Crippen molar-refractivity contribution in [1.29, 1.82) is 0 Å². The van der Waals surface area contributed by atoms with Crippen LogP contribution in [0.2, 0.25) is 0 Å². The molecule has 0 saturated heterocycles. The van der Waals surface area contributed by atoms with E-state index in [2.05, 4.69) is 9.82 Å². The molecule has 0 aliphatic carbocycles. The van der Waals surface area contributed by atoms with Gasteiger partial charge in [0.2, 0.25) is 0 Å². The van der Waals surface area contributed by atoms with Crippen molar-refractivity contribution in [3.05, 3.63) is 30.1 Å². The Balaban J connectivity index is 2.48. The van der Waals surface area contributed by atoms with Crippen molar-refractivity contribution in [3.63, 3.8) is 0 Å². The fraction of sp³-hybridized carbons (Fsp3) is 0.500. The third-order valence-corrected chi connectivity index (χ3v) is 5.25. The maximum absolute atomic E-state index is 13.0. The smallest absolute Gasteiger partial charge is 0.265 e. The zero-order valence-corrected chi connectivity index (χ0v) is 17.1. The van der Waals surface area contributed by atoms with Crippen LogP contribution in [0.1, 0.15) is 46.4 Å². The van der Waals surface area contributed by atoms with Crippen LogP contribution in [0.5, 0.6) is 11.5 Å². The Bertz CT molecular complexity index is 880. The average molecular weight is 381 g/mol. The van der Waals surface area contributed by atoms with Crippen molar-refractivity contribution >= 4 is 15.7 Å². The maximum atomic E-state index is 13.0. The lowest BCUT2D eigenvalue weighted by atomic mass is 9.92. The molecule has 0 fully saturated rings. The molecule has 26 heavy (non-hydrogen) atoms. The van der Waals surface area contributed by atoms with E-state index in [4.69, 9.17) is 9.47 Å². The van der Waals surface area contributed by atoms with Gasteiger partial charge in [0.1, 0.15) is 4.90 Å². The molecule has 1 heterocycles. The van der Waals surface area contributed by atoms with E-state index < -0.39 is 15.4 Å². The molecule has 144 valence electrons. The van der Waals surface area contributed by atoms with E-state index in [0.717, 1.165) is 0 Å². The monoisotopic (exact) mass is 381 g/mol. The highest BCUT2D eigenvalue weighted by atomic mass is 32.2. The van der Waals surface area contributed by atoms with Crippen LogP contribution in [0.25, 0.3) is 0 Å². The molecule has 2 aromatic rings. The summed E-state index contributed by atoms with van der Waals surface area (Å²) in [6, 6.07) is 4.92. The van der Waals surface area contributed by atoms with Gasteiger partial charge in [-0.3, -0.25) is 9.40 Å². The molecule has 0 radical (unpaired) electrons. The van der Waals surface area contributed by atoms with Gasteiger partial charge in [0.05, 0.1) is 25.6 Å². The summed E-state index contributed by atoms with van der Waals surface area (Å²) < 4.78 is 40.7. The lowest BCUT2D eigenvalue weighted by Crippen LogP contribution is -2.20. The molecule has 0 atom stereocenters. The average Bonchev–Trinajstić information content (AvgIpc) is 3.01. The molecule has 0 unspecified atom stereocenters. The second-order valence-electron chi connectivity index (χ2n) is 7.34. The number of nitrogens with one attached hydrogen (secondary N) is 1. The molecule has 1 N–H and O–H groups in total. The predicted molar refractivity (Wildman–Crippen MR) is 102 cm³/mol. The largest absolute Gasteiger partial charge is 0.493 e. The molecule has 1 aromatic carbocycles. The maximum Gasteiger partial charge on any atom is 0.265 e. The summed E-state index contributed by atoms with van der Waals surface area (Å²) in [7, 11) is -0.788. The molecule has 0 saturated carbocycles. The minimum absolute atomic E-state index is 0.0566. The molecule has 0 aliphatic heterocycles. The summed E-state index contributed by atoms with van der Waals surface area (Å²) >= 11 is 0. The van der Waals surface area contributed by atoms with Crippen LogP contribution < -0.4 is 14.2 Å². The van der Waals surface area contributed by atoms with Gasteiger partial charge in [0.15, 0.2) is 11.5 Å². The zero-order chi connectivity index (χ0) is 19.7. The molecule has 0 aliphatic rings. The van der Waals surface area contributed by atoms with Gasteiger partial charge in [-0.25, -0.2) is 8.42 Å². The summed E-state index contributed by atoms with van der Waals surface area (Å²) in [5, 5.41) is 4.50. The van der Waals surface area contributed by atoms with Crippen molar-refractivity contribution in [1.82, 2.24) is 9.78 Å². The summed E-state index contributed by atoms with van der Waals surface area (Å²) in [6.45, 7) is 9.73. The molecule has 0 bridgehead atoms. The fourth-order valence-electron chi connectivity index (χ4n) is 2.47. The third-order valence-electron chi connectivity index (χ3n) is 3.86. The van der Waals surface area contributed by atoms with Gasteiger partial charge in [0, 0.05) is 23.7 Å². The number of nitrogens with zero attached hydrogens (tertiary/aromatic N) is 2. The summed E-state index contributed by atoms with van der Waals surface area (Å²) in [6.07, 6.45) is 1.58. The van der Waals surface area contributed by atoms with E-state index >= 15 is 0 Å². The summed E-state index contributed by atoms with van der Waals surface area (Å²) in [5.41, 5.74) is 0.501. The molecule has 8 heteroatoms. The molecule has 2 rings (SSSR count). The second-order valence-corrected chi connectivity index (χ2v) is 8.99. The van der Waals surface area contributed by atoms with Crippen molar-refractivity contribution < 1.29 is 17.9 Å². The Morgan fingerprint density at radius 1 is 1.12 bits per heavy atom. The molecular formula is C18H27N3O4S. The van der Waals surface area contributed by atoms with Crippen molar-refractivity contribution in [2.75, 3.05) is 18.9 Å². The first-order valence-electron chi connectivity index (χ1n) is 8.34. The molecule has 0 amide bonds. The fourth-order valence-corrected chi connectivity index (χ4v) is 3.86. The van der Waals surface area contributed by atoms with Gasteiger partial charge in [-0.15, -0.1) is 0 Å². The van der Waals surface area contributed by atoms with E-state index in [9.17, 15) is 8.42 Å². The number of benzene rings is 1. The van der Waals surface area contributed by atoms with Gasteiger partial charge < -0.3 is 9.47 Å². The summed E-state index contributed by atoms with van der Waals surface area (Å²) in [4.78, 5) is 0.175. The SMILES string of the molecule is COc1ccc(NS(=O)(=O)c2cn(C(C)C)nc2C(C)(C)C)cc1OC. The van der Waals surface area contributed by atoms with Gasteiger partial charge in [-0.2, -0.15) is 5.10 Å². The number of methoxy groups -OCH3 is 2. The minimum atomic E-state index is -3.81. The van der Waals surface area contributed by atoms with Gasteiger partial charge in [-0.1, -0.05) is 20.8 Å². The first-order chi connectivity index (χ1) is 12.0. The quantitative estimate of drug-likeness (QED) is 0.827. The van der Waals surface area contributed by atoms with E-state index in [1.807, 2.05) is 34.6 Å². The highest BCUT2D eigenvalue weighted by molar-refractivity contribution is 7.92. The van der Waals surface area contributed by atoms with E-state index in [1.54, 1.807) is 29.1 Å². The van der Waals surface area contributed by atoms with Gasteiger partial charge in [0.25, 0.3) is 10.0 Å². The topological polar surface area (TPSA) is 82.5 Å². The van der Waals surface area contributed by atoms with E-state index in [1.165, 1.54) is 14.2 Å². The Hall–Kier alpha value is -2.22. The standard InChI is InChI=1S/C18H27N3O4S/c1-12(2)21-11-16(17(19-21)18(3,4)5)26(22,23)20-13-8-9-14(24-6)15(10-13)25-7/h8-12,20H,1-7H3. The number of rotatable bonds is 6. The molecule has 0 spiro atoms. The summed E-state index contributed by atoms with van der Waals surface area (Å²) in [5.74, 6) is 0.972. The Morgan fingerprint density at radius 3 is 2.23 bits per heavy atom. The Kier molecular flexibility index (Phi) is 5.55. The number of ether oxygens (including phenoxy) is 2. The van der Waals surface area contributed by atoms with Crippen LogP contribution in [0.3, 0.4) is 0 Å². The van der Waals surface area contributed by atoms with Crippen molar-refractivity contribution in [2.45, 2.75) is 51.0 Å². The van der Waals surface area contributed by atoms with Gasteiger partial charge in [-0.05, 0) is 26.0 Å². The van der Waals surface area contributed by atoms with Gasteiger partial charge >= 0.3 is 0 Å². The van der Waals surface area contributed by atoms with E-state index in [-0.39, 0.29) is 10.9 Å². The van der Waals surface area contributed by atoms with Crippen molar-refractivity contribution in [3.8, 4) is 11.5 Å². The predicted octanol–water partition coefficient (Wildman–Crippen LogP) is 3.58. The lowest BCUT2D eigenvalue weighted by Gasteiger charge is -2.18. The first kappa shape index (κ1) is 20.1. The number of sulfonamides is 1. The highest BCUT2D eigenvalue weighted by Crippen LogP contribution is 2.33. The number of hydrogen-bond donors (Lipinski definition) is 1. The third kappa shape index (κ3) is 4.12. The van der Waals surface area contributed by atoms with Crippen LogP contribution in [0.15, 0.2) is 29.3 Å². The van der Waals surface area contributed by atoms with Crippen LogP contribution >= 0.6 is 0 Å². The van der Waals surface area contributed by atoms with Crippen molar-refractivity contribution in [2.24, 2.45) is 0 Å². The van der Waals surface area contributed by atoms with Crippen LogP contribution in [0.4, 0.5) is 5.69 Å². The Morgan fingerprint density at radius 2 is 1.73 bits per heavy atom. The van der Waals surface area contributed by atoms with Crippen LogP contribution in [0, 0.1) is 0 Å². The molecule has 1 aromatic heterocycles. The number of hydrogen-bond acceptors (Lipinski definition) is 5. The normalized spacial score (nSPS) is 12.3. The zero-order valence-electron chi connectivity index (χ0n) is 16.3. The minimum Gasteiger partial charge on any atom is -0.493 e. The molecule has 7 nitrogen and oxygen atoms in total. The number of aromatic nitrogens is 2. The second kappa shape index (κ2) is 7.19. The highest BCUT2D eigenvalue weighted by Gasteiger charge is 2.30. The first-order valence-corrected chi connectivity index (χ1v) is 9.82.